The summed E-state index contributed by atoms with van der Waals surface area (Å²) < 4.78 is 0. The Bertz CT molecular complexity index is 353. The third kappa shape index (κ3) is 6.64. The number of hydrogen-bond donors (Lipinski definition) is 0. The summed E-state index contributed by atoms with van der Waals surface area (Å²) in [5.74, 6) is 0. The van der Waals surface area contributed by atoms with Crippen LogP contribution in [0.4, 0.5) is 0 Å². The maximum absolute atomic E-state index is 2.25. The zero-order valence-electron chi connectivity index (χ0n) is 13.5. The molecule has 0 aliphatic carbocycles. The van der Waals surface area contributed by atoms with Crippen LogP contribution < -0.4 is 0 Å². The van der Waals surface area contributed by atoms with Crippen molar-refractivity contribution in [2.75, 3.05) is 0 Å². The minimum absolute atomic E-state index is 0.242. The zero-order chi connectivity index (χ0) is 14.4. The van der Waals surface area contributed by atoms with Crippen LogP contribution in [0.25, 0.3) is 6.08 Å². The van der Waals surface area contributed by atoms with Crippen LogP contribution in [0.2, 0.25) is 0 Å². The van der Waals surface area contributed by atoms with Crippen molar-refractivity contribution in [3.8, 4) is 0 Å². The topological polar surface area (TPSA) is 0 Å². The molecule has 0 bridgehead atoms. The van der Waals surface area contributed by atoms with E-state index < -0.39 is 0 Å². The molecule has 0 aliphatic rings. The Hall–Kier alpha value is -1.04. The first-order valence-corrected chi connectivity index (χ1v) is 6.98. The van der Waals surface area contributed by atoms with Crippen molar-refractivity contribution in [3.05, 3.63) is 41.5 Å². The summed E-state index contributed by atoms with van der Waals surface area (Å²) in [5.41, 5.74) is 3.16. The summed E-state index contributed by atoms with van der Waals surface area (Å²) in [6.07, 6.45) is 4.45. The van der Waals surface area contributed by atoms with Crippen LogP contribution in [0.3, 0.4) is 0 Å². The van der Waals surface area contributed by atoms with Gasteiger partial charge in [-0.2, -0.15) is 0 Å². The quantitative estimate of drug-likeness (QED) is 0.564. The molecule has 1 rings (SSSR count). The summed E-state index contributed by atoms with van der Waals surface area (Å²) in [6, 6.07) is 8.84. The van der Waals surface area contributed by atoms with Gasteiger partial charge in [-0.1, -0.05) is 91.8 Å². The van der Waals surface area contributed by atoms with E-state index in [4.69, 9.17) is 0 Å². The van der Waals surface area contributed by atoms with E-state index in [2.05, 4.69) is 78.0 Å². The molecule has 0 aliphatic heterocycles. The van der Waals surface area contributed by atoms with Gasteiger partial charge in [-0.15, -0.1) is 0 Å². The maximum atomic E-state index is 2.25. The van der Waals surface area contributed by atoms with Crippen molar-refractivity contribution in [2.45, 2.75) is 60.8 Å². The normalized spacial score (nSPS) is 12.2. The van der Waals surface area contributed by atoms with Crippen molar-refractivity contribution in [3.63, 3.8) is 0 Å². The summed E-state index contributed by atoms with van der Waals surface area (Å²) >= 11 is 0. The average Bonchev–Trinajstić information content (AvgIpc) is 2.27. The largest absolute Gasteiger partial charge is 0.0785 e. The Morgan fingerprint density at radius 2 is 1.22 bits per heavy atom. The average molecular weight is 246 g/mol. The van der Waals surface area contributed by atoms with Gasteiger partial charge in [-0.3, -0.25) is 0 Å². The second kappa shape index (κ2) is 6.78. The third-order valence-electron chi connectivity index (χ3n) is 2.55. The van der Waals surface area contributed by atoms with E-state index >= 15 is 0 Å². The van der Waals surface area contributed by atoms with E-state index in [-0.39, 0.29) is 10.8 Å². The van der Waals surface area contributed by atoms with Crippen LogP contribution in [-0.2, 0) is 5.41 Å². The lowest BCUT2D eigenvalue weighted by atomic mass is 9.86. The molecule has 0 spiro atoms. The van der Waals surface area contributed by atoms with E-state index in [0.29, 0.717) is 0 Å². The SMILES string of the molecule is CC.CC(C)(C)C=Cc1ccc(C(C)(C)C)cc1. The Labute approximate surface area is 114 Å². The number of benzene rings is 1. The monoisotopic (exact) mass is 246 g/mol. The van der Waals surface area contributed by atoms with Gasteiger partial charge < -0.3 is 0 Å². The molecular weight excluding hydrogens is 216 g/mol. The number of hydrogen-bond acceptors (Lipinski definition) is 0. The van der Waals surface area contributed by atoms with E-state index in [1.54, 1.807) is 0 Å². The zero-order valence-corrected chi connectivity index (χ0v) is 13.5. The highest BCUT2D eigenvalue weighted by Gasteiger charge is 2.12. The molecule has 0 amide bonds. The predicted octanol–water partition coefficient (Wildman–Crippen LogP) is 6.07. The fourth-order valence-electron chi connectivity index (χ4n) is 1.44. The highest BCUT2D eigenvalue weighted by atomic mass is 14.2. The molecule has 1 aromatic rings. The smallest absolute Gasteiger partial charge is 0.0132 e. The first kappa shape index (κ1) is 17.0. The van der Waals surface area contributed by atoms with Gasteiger partial charge in [0.05, 0.1) is 0 Å². The Kier molecular flexibility index (Phi) is 6.38. The fourth-order valence-corrected chi connectivity index (χ4v) is 1.44. The van der Waals surface area contributed by atoms with Gasteiger partial charge in [0.1, 0.15) is 0 Å². The van der Waals surface area contributed by atoms with Gasteiger partial charge in [0.2, 0.25) is 0 Å². The Morgan fingerprint density at radius 3 is 1.56 bits per heavy atom. The molecule has 18 heavy (non-hydrogen) atoms. The van der Waals surface area contributed by atoms with Crippen LogP contribution in [0.15, 0.2) is 30.3 Å². The molecule has 0 radical (unpaired) electrons. The number of allylic oxidation sites excluding steroid dienone is 1. The van der Waals surface area contributed by atoms with Crippen LogP contribution in [-0.4, -0.2) is 0 Å². The van der Waals surface area contributed by atoms with Gasteiger partial charge in [-0.05, 0) is 22.0 Å². The van der Waals surface area contributed by atoms with E-state index in [9.17, 15) is 0 Å². The maximum Gasteiger partial charge on any atom is -0.0132 e. The van der Waals surface area contributed by atoms with Crippen LogP contribution in [0.1, 0.15) is 66.5 Å². The van der Waals surface area contributed by atoms with Gasteiger partial charge in [0, 0.05) is 0 Å². The second-order valence-corrected chi connectivity index (χ2v) is 6.57. The first-order valence-electron chi connectivity index (χ1n) is 6.98. The van der Waals surface area contributed by atoms with E-state index in [0.717, 1.165) is 0 Å². The molecule has 0 saturated carbocycles. The minimum atomic E-state index is 0.242. The van der Waals surface area contributed by atoms with Crippen LogP contribution in [0, 0.1) is 5.41 Å². The third-order valence-corrected chi connectivity index (χ3v) is 2.55. The molecule has 0 unspecified atom stereocenters. The second-order valence-electron chi connectivity index (χ2n) is 6.57. The molecule has 0 nitrogen and oxygen atoms in total. The van der Waals surface area contributed by atoms with Crippen molar-refractivity contribution in [2.24, 2.45) is 5.41 Å². The van der Waals surface area contributed by atoms with E-state index in [1.165, 1.54) is 11.1 Å². The Morgan fingerprint density at radius 1 is 0.778 bits per heavy atom. The lowest BCUT2D eigenvalue weighted by molar-refractivity contribution is 0.547. The highest BCUT2D eigenvalue weighted by Crippen LogP contribution is 2.23. The van der Waals surface area contributed by atoms with Crippen LogP contribution >= 0.6 is 0 Å². The summed E-state index contributed by atoms with van der Waals surface area (Å²) in [7, 11) is 0. The highest BCUT2D eigenvalue weighted by molar-refractivity contribution is 5.50. The molecule has 0 heterocycles. The van der Waals surface area contributed by atoms with Crippen molar-refractivity contribution in [1.29, 1.82) is 0 Å². The van der Waals surface area contributed by atoms with Gasteiger partial charge in [0.25, 0.3) is 0 Å². The van der Waals surface area contributed by atoms with Gasteiger partial charge in [-0.25, -0.2) is 0 Å². The molecule has 102 valence electrons. The molecule has 0 atom stereocenters. The van der Waals surface area contributed by atoms with Gasteiger partial charge in [0.15, 0.2) is 0 Å². The summed E-state index contributed by atoms with van der Waals surface area (Å²) in [5, 5.41) is 0. The standard InChI is InChI=1S/C16H24.C2H6/c1-15(2,3)12-11-13-7-9-14(10-8-13)16(4,5)6;1-2/h7-12H,1-6H3;1-2H3. The van der Waals surface area contributed by atoms with Crippen molar-refractivity contribution in [1.82, 2.24) is 0 Å². The molecule has 0 fully saturated rings. The first-order chi connectivity index (χ1) is 8.18. The molecule has 1 aromatic carbocycles. The van der Waals surface area contributed by atoms with Crippen LogP contribution in [0.5, 0.6) is 0 Å². The van der Waals surface area contributed by atoms with Crippen molar-refractivity contribution < 1.29 is 0 Å². The van der Waals surface area contributed by atoms with E-state index in [1.807, 2.05) is 13.8 Å². The lowest BCUT2D eigenvalue weighted by Gasteiger charge is -2.19. The molecular formula is C18H30. The fraction of sp³-hybridized carbons (Fsp3) is 0.556. The number of rotatable bonds is 1. The van der Waals surface area contributed by atoms with Crippen molar-refractivity contribution >= 4 is 6.08 Å². The molecule has 0 aromatic heterocycles. The van der Waals surface area contributed by atoms with Gasteiger partial charge >= 0.3 is 0 Å². The molecule has 0 N–H and O–H groups in total. The summed E-state index contributed by atoms with van der Waals surface area (Å²) in [4.78, 5) is 0. The predicted molar refractivity (Wildman–Crippen MR) is 85.0 cm³/mol. The molecule has 0 heteroatoms. The lowest BCUT2D eigenvalue weighted by Crippen LogP contribution is -2.10. The Balaban J connectivity index is 0.00000137. The molecule has 0 saturated heterocycles. The summed E-state index contributed by atoms with van der Waals surface area (Å²) in [6.45, 7) is 17.4. The minimum Gasteiger partial charge on any atom is -0.0785 e.